The number of piperazine rings is 1. The molecular formula is C38H45N9O5S. The molecule has 3 aromatic heterocycles. The SMILES string of the molecule is COc1ccc(CN(Cc2ccc(OC)cc2)c2nc(C)nc(-c3cc([C@@H](C)N4CCN(S(C)(=O)=O)CC4)cnc3Nc3ccc(OC)nc3)n2)cc1. The first-order valence-electron chi connectivity index (χ1n) is 17.2. The van der Waals surface area contributed by atoms with Gasteiger partial charge in [0, 0.05) is 57.6 Å². The Morgan fingerprint density at radius 3 is 1.94 bits per heavy atom. The van der Waals surface area contributed by atoms with Crippen LogP contribution in [0.25, 0.3) is 11.4 Å². The van der Waals surface area contributed by atoms with Crippen LogP contribution in [0.15, 0.2) is 79.1 Å². The summed E-state index contributed by atoms with van der Waals surface area (Å²) in [6.07, 6.45) is 4.77. The molecular weight excluding hydrogens is 695 g/mol. The molecule has 0 saturated carbocycles. The van der Waals surface area contributed by atoms with Gasteiger partial charge in [0.15, 0.2) is 5.82 Å². The maximum absolute atomic E-state index is 12.2. The first kappa shape index (κ1) is 37.4. The summed E-state index contributed by atoms with van der Waals surface area (Å²) in [6.45, 7) is 7.07. The van der Waals surface area contributed by atoms with Crippen molar-refractivity contribution in [2.24, 2.45) is 0 Å². The minimum absolute atomic E-state index is 0.0521. The minimum atomic E-state index is -3.25. The average molecular weight is 740 g/mol. The number of hydrogen-bond donors (Lipinski definition) is 1. The molecule has 53 heavy (non-hydrogen) atoms. The first-order chi connectivity index (χ1) is 25.5. The number of ether oxygens (including phenoxy) is 3. The van der Waals surface area contributed by atoms with E-state index in [9.17, 15) is 8.42 Å². The van der Waals surface area contributed by atoms with E-state index in [1.54, 1.807) is 33.6 Å². The molecule has 278 valence electrons. The summed E-state index contributed by atoms with van der Waals surface area (Å²) in [5, 5.41) is 3.41. The van der Waals surface area contributed by atoms with Gasteiger partial charge < -0.3 is 24.4 Å². The summed E-state index contributed by atoms with van der Waals surface area (Å²) < 4.78 is 41.9. The fraction of sp³-hybridized carbons (Fsp3) is 0.342. The zero-order chi connectivity index (χ0) is 37.5. The highest BCUT2D eigenvalue weighted by atomic mass is 32.2. The van der Waals surface area contributed by atoms with E-state index in [-0.39, 0.29) is 6.04 Å². The first-order valence-corrected chi connectivity index (χ1v) is 19.1. The molecule has 0 spiro atoms. The number of aryl methyl sites for hydroxylation is 1. The van der Waals surface area contributed by atoms with Gasteiger partial charge in [0.05, 0.1) is 45.0 Å². The maximum Gasteiger partial charge on any atom is 0.229 e. The molecule has 1 saturated heterocycles. The molecule has 2 aromatic carbocycles. The number of methoxy groups -OCH3 is 3. The third-order valence-electron chi connectivity index (χ3n) is 9.21. The fourth-order valence-electron chi connectivity index (χ4n) is 6.15. The number of nitrogens with zero attached hydrogens (tertiary/aromatic N) is 8. The molecule has 0 radical (unpaired) electrons. The Morgan fingerprint density at radius 1 is 0.792 bits per heavy atom. The third-order valence-corrected chi connectivity index (χ3v) is 10.5. The van der Waals surface area contributed by atoms with Crippen molar-refractivity contribution in [3.05, 3.63) is 102 Å². The quantitative estimate of drug-likeness (QED) is 0.158. The predicted octanol–water partition coefficient (Wildman–Crippen LogP) is 5.25. The number of nitrogens with one attached hydrogen (secondary N) is 1. The molecule has 0 aliphatic carbocycles. The van der Waals surface area contributed by atoms with E-state index in [1.807, 2.05) is 67.7 Å². The van der Waals surface area contributed by atoms with E-state index in [0.717, 1.165) is 28.2 Å². The Hall–Kier alpha value is -5.38. The number of anilines is 3. The smallest absolute Gasteiger partial charge is 0.229 e. The van der Waals surface area contributed by atoms with Crippen LogP contribution in [0.2, 0.25) is 0 Å². The average Bonchev–Trinajstić information content (AvgIpc) is 3.18. The van der Waals surface area contributed by atoms with Gasteiger partial charge in [-0.15, -0.1) is 0 Å². The van der Waals surface area contributed by atoms with Crippen LogP contribution < -0.4 is 24.4 Å². The van der Waals surface area contributed by atoms with Gasteiger partial charge in [-0.3, -0.25) is 4.90 Å². The molecule has 6 rings (SSSR count). The van der Waals surface area contributed by atoms with Crippen LogP contribution in [-0.2, 0) is 23.1 Å². The molecule has 0 amide bonds. The van der Waals surface area contributed by atoms with E-state index in [1.165, 1.54) is 10.6 Å². The second-order valence-corrected chi connectivity index (χ2v) is 14.8. The highest BCUT2D eigenvalue weighted by molar-refractivity contribution is 7.88. The van der Waals surface area contributed by atoms with Crippen molar-refractivity contribution in [1.29, 1.82) is 0 Å². The molecule has 1 fully saturated rings. The predicted molar refractivity (Wildman–Crippen MR) is 204 cm³/mol. The standard InChI is InChI=1S/C38H45N9O5S/c1-26(45-17-19-47(20-18-45)53(6,48)49)30-21-34(36(40-22-30)43-31-11-16-35(52-5)39-23-31)37-41-27(2)42-38(44-37)46(24-28-7-12-32(50-3)13-8-28)25-29-9-14-33(51-4)15-10-29/h7-16,21-23,26H,17-20,24-25H2,1-6H3,(H,40,43)/t26-/m1/s1. The van der Waals surface area contributed by atoms with E-state index in [4.69, 9.17) is 34.1 Å². The van der Waals surface area contributed by atoms with Gasteiger partial charge in [-0.2, -0.15) is 14.3 Å². The molecule has 0 unspecified atom stereocenters. The summed E-state index contributed by atoms with van der Waals surface area (Å²) >= 11 is 0. The van der Waals surface area contributed by atoms with Crippen molar-refractivity contribution >= 4 is 27.5 Å². The van der Waals surface area contributed by atoms with Gasteiger partial charge in [-0.1, -0.05) is 24.3 Å². The molecule has 1 aliphatic rings. The lowest BCUT2D eigenvalue weighted by Crippen LogP contribution is -2.48. The summed E-state index contributed by atoms with van der Waals surface area (Å²) in [4.78, 5) is 28.4. The van der Waals surface area contributed by atoms with Crippen molar-refractivity contribution in [3.8, 4) is 28.8 Å². The zero-order valence-electron chi connectivity index (χ0n) is 30.9. The normalized spacial score (nSPS) is 14.4. The van der Waals surface area contributed by atoms with Crippen LogP contribution >= 0.6 is 0 Å². The van der Waals surface area contributed by atoms with Crippen LogP contribution in [0.3, 0.4) is 0 Å². The van der Waals surface area contributed by atoms with Crippen LogP contribution in [0.4, 0.5) is 17.5 Å². The number of hydrogen-bond acceptors (Lipinski definition) is 13. The number of pyridine rings is 2. The van der Waals surface area contributed by atoms with E-state index in [0.29, 0.717) is 79.8 Å². The Bertz CT molecular complexity index is 2040. The van der Waals surface area contributed by atoms with Gasteiger partial charge in [-0.25, -0.2) is 23.4 Å². The van der Waals surface area contributed by atoms with Crippen molar-refractivity contribution < 1.29 is 22.6 Å². The van der Waals surface area contributed by atoms with Crippen LogP contribution in [0.5, 0.6) is 17.4 Å². The van der Waals surface area contributed by atoms with Gasteiger partial charge in [0.25, 0.3) is 0 Å². The van der Waals surface area contributed by atoms with Crippen molar-refractivity contribution in [2.45, 2.75) is 33.0 Å². The molecule has 14 nitrogen and oxygen atoms in total. The largest absolute Gasteiger partial charge is 0.497 e. The highest BCUT2D eigenvalue weighted by Crippen LogP contribution is 2.33. The Morgan fingerprint density at radius 2 is 1.42 bits per heavy atom. The van der Waals surface area contributed by atoms with Crippen molar-refractivity contribution in [2.75, 3.05) is 64.0 Å². The highest BCUT2D eigenvalue weighted by Gasteiger charge is 2.28. The lowest BCUT2D eigenvalue weighted by atomic mass is 10.1. The number of sulfonamides is 1. The maximum atomic E-state index is 12.2. The van der Waals surface area contributed by atoms with E-state index in [2.05, 4.69) is 33.1 Å². The van der Waals surface area contributed by atoms with Crippen molar-refractivity contribution in [1.82, 2.24) is 34.1 Å². The van der Waals surface area contributed by atoms with Crippen LogP contribution in [-0.4, -0.2) is 96.3 Å². The summed E-state index contributed by atoms with van der Waals surface area (Å²) in [6, 6.07) is 21.5. The molecule has 1 aliphatic heterocycles. The Kier molecular flexibility index (Phi) is 11.7. The van der Waals surface area contributed by atoms with Crippen LogP contribution in [0.1, 0.15) is 35.5 Å². The number of benzene rings is 2. The molecule has 0 bridgehead atoms. The summed E-state index contributed by atoms with van der Waals surface area (Å²) in [5.41, 5.74) is 4.45. The van der Waals surface area contributed by atoms with E-state index < -0.39 is 10.0 Å². The summed E-state index contributed by atoms with van der Waals surface area (Å²) in [7, 11) is 1.63. The number of rotatable bonds is 14. The molecule has 1 N–H and O–H groups in total. The number of aromatic nitrogens is 5. The zero-order valence-corrected chi connectivity index (χ0v) is 31.7. The van der Waals surface area contributed by atoms with Gasteiger partial charge in [-0.05, 0) is 66.9 Å². The molecule has 1 atom stereocenters. The van der Waals surface area contributed by atoms with Gasteiger partial charge >= 0.3 is 0 Å². The minimum Gasteiger partial charge on any atom is -0.497 e. The van der Waals surface area contributed by atoms with Gasteiger partial charge in [0.1, 0.15) is 23.1 Å². The van der Waals surface area contributed by atoms with Crippen LogP contribution in [0, 0.1) is 6.92 Å². The second-order valence-electron chi connectivity index (χ2n) is 12.8. The lowest BCUT2D eigenvalue weighted by Gasteiger charge is -2.37. The monoisotopic (exact) mass is 739 g/mol. The lowest BCUT2D eigenvalue weighted by molar-refractivity contribution is 0.146. The topological polar surface area (TPSA) is 148 Å². The Balaban J connectivity index is 1.39. The fourth-order valence-corrected chi connectivity index (χ4v) is 6.98. The molecule has 15 heteroatoms. The van der Waals surface area contributed by atoms with Crippen molar-refractivity contribution in [3.63, 3.8) is 0 Å². The molecule has 5 aromatic rings. The summed E-state index contributed by atoms with van der Waals surface area (Å²) in [5.74, 6) is 4.10. The van der Waals surface area contributed by atoms with Gasteiger partial charge in [0.2, 0.25) is 21.9 Å². The molecule has 4 heterocycles. The Labute approximate surface area is 310 Å². The second kappa shape index (κ2) is 16.5. The van der Waals surface area contributed by atoms with E-state index >= 15 is 0 Å². The third kappa shape index (κ3) is 9.35.